The van der Waals surface area contributed by atoms with Gasteiger partial charge in [0.1, 0.15) is 0 Å². The molecule has 0 bridgehead atoms. The fraction of sp³-hybridized carbons (Fsp3) is 0.200. The molecular formula is C20H19ClN2O2. The lowest BCUT2D eigenvalue weighted by molar-refractivity contribution is 0.0996. The van der Waals surface area contributed by atoms with Crippen LogP contribution in [-0.4, -0.2) is 16.1 Å². The molecule has 5 heteroatoms. The van der Waals surface area contributed by atoms with Gasteiger partial charge in [0.15, 0.2) is 5.78 Å². The van der Waals surface area contributed by atoms with Crippen LogP contribution in [0, 0.1) is 0 Å². The van der Waals surface area contributed by atoms with Gasteiger partial charge in [0.25, 0.3) is 0 Å². The molecule has 0 aliphatic rings. The largest absolute Gasteiger partial charge is 0.366 e. The summed E-state index contributed by atoms with van der Waals surface area (Å²) < 4.78 is 1.90. The molecule has 1 amide bonds. The van der Waals surface area contributed by atoms with Crippen LogP contribution in [0.3, 0.4) is 0 Å². The third-order valence-electron chi connectivity index (χ3n) is 4.45. The highest BCUT2D eigenvalue weighted by Gasteiger charge is 2.21. The highest BCUT2D eigenvalue weighted by Crippen LogP contribution is 2.29. The summed E-state index contributed by atoms with van der Waals surface area (Å²) in [5.41, 5.74) is 10.2. The van der Waals surface area contributed by atoms with E-state index in [-0.39, 0.29) is 5.78 Å². The number of nitrogens with two attached hydrogens (primary N) is 1. The molecule has 0 saturated heterocycles. The van der Waals surface area contributed by atoms with Gasteiger partial charge in [-0.25, -0.2) is 0 Å². The van der Waals surface area contributed by atoms with Crippen molar-refractivity contribution in [3.05, 3.63) is 75.6 Å². The Balaban J connectivity index is 2.30. The van der Waals surface area contributed by atoms with E-state index < -0.39 is 5.91 Å². The number of fused-ring (bicyclic) bond motifs is 1. The zero-order chi connectivity index (χ0) is 18.1. The lowest BCUT2D eigenvalue weighted by atomic mass is 10.00. The first kappa shape index (κ1) is 17.2. The van der Waals surface area contributed by atoms with E-state index >= 15 is 0 Å². The van der Waals surface area contributed by atoms with Crippen LogP contribution in [0.2, 0.25) is 5.02 Å². The van der Waals surface area contributed by atoms with E-state index in [1.807, 2.05) is 35.6 Å². The molecule has 2 N–H and O–H groups in total. The first-order valence-corrected chi connectivity index (χ1v) is 8.51. The van der Waals surface area contributed by atoms with E-state index in [2.05, 4.69) is 0 Å². The van der Waals surface area contributed by atoms with E-state index in [9.17, 15) is 9.59 Å². The number of rotatable bonds is 5. The fourth-order valence-corrected chi connectivity index (χ4v) is 3.51. The first-order chi connectivity index (χ1) is 11.9. The minimum atomic E-state index is -0.498. The molecule has 25 heavy (non-hydrogen) atoms. The molecule has 0 radical (unpaired) electrons. The smallest absolute Gasteiger partial charge is 0.250 e. The van der Waals surface area contributed by atoms with Crippen LogP contribution in [0.25, 0.3) is 5.52 Å². The van der Waals surface area contributed by atoms with Crippen molar-refractivity contribution in [1.29, 1.82) is 0 Å². The molecular weight excluding hydrogens is 336 g/mol. The van der Waals surface area contributed by atoms with E-state index in [1.54, 1.807) is 25.3 Å². The fourth-order valence-electron chi connectivity index (χ4n) is 3.31. The van der Waals surface area contributed by atoms with Gasteiger partial charge in [-0.2, -0.15) is 0 Å². The zero-order valence-corrected chi connectivity index (χ0v) is 14.9. The first-order valence-electron chi connectivity index (χ1n) is 8.14. The van der Waals surface area contributed by atoms with Crippen LogP contribution in [-0.2, 0) is 12.8 Å². The van der Waals surface area contributed by atoms with Crippen LogP contribution in [0.5, 0.6) is 0 Å². The van der Waals surface area contributed by atoms with E-state index in [4.69, 9.17) is 17.3 Å². The van der Waals surface area contributed by atoms with Gasteiger partial charge in [0, 0.05) is 28.9 Å². The van der Waals surface area contributed by atoms with Gasteiger partial charge in [-0.3, -0.25) is 9.59 Å². The summed E-state index contributed by atoms with van der Waals surface area (Å²) in [7, 11) is 0. The second kappa shape index (κ2) is 6.73. The highest BCUT2D eigenvalue weighted by atomic mass is 35.5. The highest BCUT2D eigenvalue weighted by molar-refractivity contribution is 6.31. The predicted octanol–water partition coefficient (Wildman–Crippen LogP) is 4.05. The molecule has 0 saturated carbocycles. The summed E-state index contributed by atoms with van der Waals surface area (Å²) in [6.45, 7) is 3.59. The van der Waals surface area contributed by atoms with E-state index in [0.29, 0.717) is 29.0 Å². The summed E-state index contributed by atoms with van der Waals surface area (Å²) in [6, 6.07) is 11.1. The topological polar surface area (TPSA) is 64.6 Å². The van der Waals surface area contributed by atoms with Crippen molar-refractivity contribution in [3.63, 3.8) is 0 Å². The molecule has 4 nitrogen and oxygen atoms in total. The molecule has 2 heterocycles. The summed E-state index contributed by atoms with van der Waals surface area (Å²) in [5, 5.41) is 0.676. The maximum atomic E-state index is 12.3. The molecule has 3 aromatic rings. The van der Waals surface area contributed by atoms with Crippen molar-refractivity contribution < 1.29 is 9.59 Å². The van der Waals surface area contributed by atoms with E-state index in [1.165, 1.54) is 0 Å². The number of nitrogens with zero attached hydrogens (tertiary/aromatic N) is 1. The van der Waals surface area contributed by atoms with Gasteiger partial charge in [-0.05, 0) is 42.7 Å². The van der Waals surface area contributed by atoms with Crippen molar-refractivity contribution in [2.45, 2.75) is 26.7 Å². The molecule has 1 aromatic carbocycles. The summed E-state index contributed by atoms with van der Waals surface area (Å²) >= 11 is 6.32. The van der Waals surface area contributed by atoms with Crippen molar-refractivity contribution >= 4 is 28.8 Å². The third-order valence-corrected chi connectivity index (χ3v) is 4.82. The quantitative estimate of drug-likeness (QED) is 0.702. The number of aromatic nitrogens is 1. The van der Waals surface area contributed by atoms with Gasteiger partial charge in [-0.1, -0.05) is 36.7 Å². The maximum absolute atomic E-state index is 12.3. The Labute approximate surface area is 151 Å². The molecule has 0 unspecified atom stereocenters. The molecule has 0 aliphatic heterocycles. The van der Waals surface area contributed by atoms with Crippen LogP contribution < -0.4 is 5.73 Å². The number of primary amides is 1. The maximum Gasteiger partial charge on any atom is 0.250 e. The van der Waals surface area contributed by atoms with Gasteiger partial charge in [-0.15, -0.1) is 0 Å². The second-order valence-corrected chi connectivity index (χ2v) is 6.42. The number of halogens is 1. The normalized spacial score (nSPS) is 11.0. The van der Waals surface area contributed by atoms with Crippen molar-refractivity contribution in [1.82, 2.24) is 4.40 Å². The van der Waals surface area contributed by atoms with Crippen molar-refractivity contribution in [2.75, 3.05) is 0 Å². The van der Waals surface area contributed by atoms with Crippen LogP contribution in [0.4, 0.5) is 0 Å². The third kappa shape index (κ3) is 3.05. The van der Waals surface area contributed by atoms with Crippen LogP contribution in [0.1, 0.15) is 51.4 Å². The lowest BCUT2D eigenvalue weighted by Crippen LogP contribution is -2.12. The summed E-state index contributed by atoms with van der Waals surface area (Å²) in [4.78, 5) is 23.8. The average molecular weight is 355 g/mol. The number of hydrogen-bond donors (Lipinski definition) is 1. The number of Topliss-reactive ketones (excluding diaryl/α,β-unsaturated/α-hetero) is 1. The Morgan fingerprint density at radius 2 is 1.88 bits per heavy atom. The molecule has 0 aliphatic carbocycles. The molecule has 0 spiro atoms. The second-order valence-electron chi connectivity index (χ2n) is 6.02. The Morgan fingerprint density at radius 1 is 1.16 bits per heavy atom. The number of hydrogen-bond acceptors (Lipinski definition) is 2. The minimum Gasteiger partial charge on any atom is -0.366 e. The number of amides is 1. The Kier molecular flexibility index (Phi) is 4.64. The van der Waals surface area contributed by atoms with E-state index in [0.717, 1.165) is 22.3 Å². The van der Waals surface area contributed by atoms with Gasteiger partial charge >= 0.3 is 0 Å². The number of carbonyl (C=O) groups is 2. The Hall–Kier alpha value is -2.59. The summed E-state index contributed by atoms with van der Waals surface area (Å²) in [5.74, 6) is -0.492. The molecule has 0 fully saturated rings. The number of pyridine rings is 1. The molecule has 2 aromatic heterocycles. The minimum absolute atomic E-state index is 0.00610. The molecule has 0 atom stereocenters. The molecule has 128 valence electrons. The monoisotopic (exact) mass is 354 g/mol. The SMILES string of the molecule is CCc1c(C(C)=O)c2ccc(C(N)=O)cn2c1Cc1ccccc1Cl. The summed E-state index contributed by atoms with van der Waals surface area (Å²) in [6.07, 6.45) is 2.98. The number of benzene rings is 1. The van der Waals surface area contributed by atoms with Crippen molar-refractivity contribution in [3.8, 4) is 0 Å². The molecule has 3 rings (SSSR count). The standard InChI is InChI=1S/C20H19ClN2O2/c1-3-15-18(10-13-6-4-5-7-16(13)21)23-11-14(20(22)25)8-9-17(23)19(15)12(2)24/h4-9,11H,3,10H2,1-2H3,(H2,22,25). The van der Waals surface area contributed by atoms with Gasteiger partial charge < -0.3 is 10.1 Å². The predicted molar refractivity (Wildman–Crippen MR) is 99.6 cm³/mol. The lowest BCUT2D eigenvalue weighted by Gasteiger charge is -2.08. The van der Waals surface area contributed by atoms with Crippen LogP contribution >= 0.6 is 11.6 Å². The number of carbonyl (C=O) groups excluding carboxylic acids is 2. The average Bonchev–Trinajstić information content (AvgIpc) is 2.89. The van der Waals surface area contributed by atoms with Crippen LogP contribution in [0.15, 0.2) is 42.6 Å². The zero-order valence-electron chi connectivity index (χ0n) is 14.2. The number of ketones is 1. The van der Waals surface area contributed by atoms with Gasteiger partial charge in [0.2, 0.25) is 5.91 Å². The van der Waals surface area contributed by atoms with Crippen molar-refractivity contribution in [2.24, 2.45) is 5.73 Å². The Morgan fingerprint density at radius 3 is 2.48 bits per heavy atom. The Bertz CT molecular complexity index is 989. The van der Waals surface area contributed by atoms with Gasteiger partial charge in [0.05, 0.1) is 11.1 Å².